The summed E-state index contributed by atoms with van der Waals surface area (Å²) < 4.78 is 0. The summed E-state index contributed by atoms with van der Waals surface area (Å²) >= 11 is 0. The molecule has 0 spiro atoms. The molecule has 2 aromatic rings. The molecule has 1 saturated heterocycles. The summed E-state index contributed by atoms with van der Waals surface area (Å²) in [5, 5.41) is 8.83. The predicted octanol–water partition coefficient (Wildman–Crippen LogP) is 2.15. The van der Waals surface area contributed by atoms with Gasteiger partial charge < -0.3 is 10.2 Å². The molecule has 2 heterocycles. The molecule has 1 aliphatic heterocycles. The van der Waals surface area contributed by atoms with Crippen LogP contribution in [0.1, 0.15) is 29.9 Å². The molecular formula is C19H24N4O2. The molecule has 2 N–H and O–H groups in total. The molecule has 0 radical (unpaired) electrons. The second-order valence-corrected chi connectivity index (χ2v) is 6.93. The minimum absolute atomic E-state index is 0.185. The zero-order valence-electron chi connectivity index (χ0n) is 14.7. The fourth-order valence-electron chi connectivity index (χ4n) is 3.19. The highest BCUT2D eigenvalue weighted by Crippen LogP contribution is 2.22. The van der Waals surface area contributed by atoms with Crippen molar-refractivity contribution in [2.75, 3.05) is 25.0 Å². The molecule has 1 fully saturated rings. The lowest BCUT2D eigenvalue weighted by Gasteiger charge is -2.15. The first kappa shape index (κ1) is 17.4. The van der Waals surface area contributed by atoms with Crippen LogP contribution in [0.25, 0.3) is 0 Å². The van der Waals surface area contributed by atoms with Crippen LogP contribution in [-0.4, -0.2) is 40.6 Å². The summed E-state index contributed by atoms with van der Waals surface area (Å²) in [5.74, 6) is 1.18. The van der Waals surface area contributed by atoms with Gasteiger partial charge in [0, 0.05) is 31.4 Å². The average molecular weight is 340 g/mol. The highest BCUT2D eigenvalue weighted by Gasteiger charge is 2.25. The van der Waals surface area contributed by atoms with Gasteiger partial charge in [0.05, 0.1) is 0 Å². The van der Waals surface area contributed by atoms with Gasteiger partial charge in [0.25, 0.3) is 11.5 Å². The van der Waals surface area contributed by atoms with Crippen LogP contribution in [0.15, 0.2) is 41.2 Å². The number of likely N-dealkylation sites (tertiary alicyclic amines) is 1. The molecule has 25 heavy (non-hydrogen) atoms. The van der Waals surface area contributed by atoms with Crippen molar-refractivity contribution < 1.29 is 4.79 Å². The Kier molecular flexibility index (Phi) is 5.28. The average Bonchev–Trinajstić information content (AvgIpc) is 2.92. The topological polar surface area (TPSA) is 78.1 Å². The Balaban J connectivity index is 1.58. The van der Waals surface area contributed by atoms with E-state index < -0.39 is 0 Å². The normalized spacial score (nSPS) is 20.6. The Morgan fingerprint density at radius 2 is 2.00 bits per heavy atom. The first-order valence-electron chi connectivity index (χ1n) is 8.69. The van der Waals surface area contributed by atoms with E-state index in [-0.39, 0.29) is 17.2 Å². The van der Waals surface area contributed by atoms with Gasteiger partial charge in [0.1, 0.15) is 5.69 Å². The molecule has 1 amide bonds. The number of hydrogen-bond acceptors (Lipinski definition) is 4. The number of amides is 1. The number of nitrogens with zero attached hydrogens (tertiary/aromatic N) is 2. The molecule has 0 bridgehead atoms. The van der Waals surface area contributed by atoms with Crippen molar-refractivity contribution >= 4 is 11.6 Å². The zero-order chi connectivity index (χ0) is 17.8. The minimum Gasteiger partial charge on any atom is -0.321 e. The Labute approximate surface area is 147 Å². The maximum absolute atomic E-state index is 12.2. The number of aromatic amines is 1. The molecule has 1 aliphatic rings. The molecule has 3 rings (SSSR count). The van der Waals surface area contributed by atoms with Crippen LogP contribution in [0.5, 0.6) is 0 Å². The number of nitrogens with one attached hydrogen (secondary N) is 2. The lowest BCUT2D eigenvalue weighted by Crippen LogP contribution is -2.23. The SMILES string of the molecule is C[C@@H]1CN(CCc2cccc(NC(=O)c3ccc(=O)[nH]n3)c2)C[C@H]1C. The van der Waals surface area contributed by atoms with Crippen molar-refractivity contribution in [1.29, 1.82) is 0 Å². The summed E-state index contributed by atoms with van der Waals surface area (Å²) in [7, 11) is 0. The van der Waals surface area contributed by atoms with Gasteiger partial charge in [-0.1, -0.05) is 26.0 Å². The predicted molar refractivity (Wildman–Crippen MR) is 97.7 cm³/mol. The van der Waals surface area contributed by atoms with Crippen molar-refractivity contribution in [2.24, 2.45) is 11.8 Å². The van der Waals surface area contributed by atoms with E-state index in [0.717, 1.165) is 43.6 Å². The molecule has 1 aromatic heterocycles. The molecule has 1 aromatic carbocycles. The van der Waals surface area contributed by atoms with E-state index >= 15 is 0 Å². The summed E-state index contributed by atoms with van der Waals surface area (Å²) in [6.45, 7) is 7.98. The van der Waals surface area contributed by atoms with E-state index in [9.17, 15) is 9.59 Å². The van der Waals surface area contributed by atoms with Gasteiger partial charge in [-0.3, -0.25) is 9.59 Å². The summed E-state index contributed by atoms with van der Waals surface area (Å²) in [6, 6.07) is 10.6. The lowest BCUT2D eigenvalue weighted by molar-refractivity contribution is 0.102. The number of aromatic nitrogens is 2. The zero-order valence-corrected chi connectivity index (χ0v) is 14.7. The maximum atomic E-state index is 12.2. The van der Waals surface area contributed by atoms with Crippen molar-refractivity contribution in [3.8, 4) is 0 Å². The first-order chi connectivity index (χ1) is 12.0. The third kappa shape index (κ3) is 4.54. The number of carbonyl (C=O) groups excluding carboxylic acids is 1. The maximum Gasteiger partial charge on any atom is 0.276 e. The summed E-state index contributed by atoms with van der Waals surface area (Å²) in [6.07, 6.45) is 0.958. The second kappa shape index (κ2) is 7.61. The molecule has 132 valence electrons. The molecule has 0 unspecified atom stereocenters. The minimum atomic E-state index is -0.337. The van der Waals surface area contributed by atoms with Crippen molar-refractivity contribution in [3.63, 3.8) is 0 Å². The van der Waals surface area contributed by atoms with E-state index in [4.69, 9.17) is 0 Å². The number of anilines is 1. The van der Waals surface area contributed by atoms with Crippen LogP contribution >= 0.6 is 0 Å². The van der Waals surface area contributed by atoms with E-state index in [1.807, 2.05) is 18.2 Å². The van der Waals surface area contributed by atoms with Crippen LogP contribution in [0.4, 0.5) is 5.69 Å². The van der Waals surface area contributed by atoms with Gasteiger partial charge in [0.2, 0.25) is 0 Å². The van der Waals surface area contributed by atoms with Crippen molar-refractivity contribution in [3.05, 3.63) is 58.0 Å². The van der Waals surface area contributed by atoms with Gasteiger partial charge in [-0.2, -0.15) is 5.10 Å². The Morgan fingerprint density at radius 3 is 2.68 bits per heavy atom. The van der Waals surface area contributed by atoms with Crippen LogP contribution in [0.3, 0.4) is 0 Å². The molecular weight excluding hydrogens is 316 g/mol. The standard InChI is InChI=1S/C19H24N4O2/c1-13-11-23(12-14(13)2)9-8-15-4-3-5-16(10-15)20-19(25)17-6-7-18(24)22-21-17/h3-7,10,13-14H,8-9,11-12H2,1-2H3,(H,20,25)(H,22,24)/t13-,14-/m1/s1. The van der Waals surface area contributed by atoms with Gasteiger partial charge in [0.15, 0.2) is 0 Å². The van der Waals surface area contributed by atoms with Crippen LogP contribution in [0, 0.1) is 11.8 Å². The Hall–Kier alpha value is -2.47. The molecule has 0 saturated carbocycles. The quantitative estimate of drug-likeness (QED) is 0.874. The van der Waals surface area contributed by atoms with Gasteiger partial charge >= 0.3 is 0 Å². The third-order valence-corrected chi connectivity index (χ3v) is 4.88. The highest BCUT2D eigenvalue weighted by molar-refractivity contribution is 6.02. The fourth-order valence-corrected chi connectivity index (χ4v) is 3.19. The van der Waals surface area contributed by atoms with E-state index in [1.54, 1.807) is 0 Å². The van der Waals surface area contributed by atoms with Crippen LogP contribution in [-0.2, 0) is 6.42 Å². The third-order valence-electron chi connectivity index (χ3n) is 4.88. The Morgan fingerprint density at radius 1 is 1.24 bits per heavy atom. The summed E-state index contributed by atoms with van der Waals surface area (Å²) in [4.78, 5) is 25.7. The number of benzene rings is 1. The smallest absolute Gasteiger partial charge is 0.276 e. The van der Waals surface area contributed by atoms with E-state index in [2.05, 4.69) is 40.3 Å². The first-order valence-corrected chi connectivity index (χ1v) is 8.69. The molecule has 0 aliphatic carbocycles. The monoisotopic (exact) mass is 340 g/mol. The van der Waals surface area contributed by atoms with Gasteiger partial charge in [-0.15, -0.1) is 0 Å². The number of carbonyl (C=O) groups is 1. The fraction of sp³-hybridized carbons (Fsp3) is 0.421. The van der Waals surface area contributed by atoms with Gasteiger partial charge in [-0.05, 0) is 42.0 Å². The summed E-state index contributed by atoms with van der Waals surface area (Å²) in [5.41, 5.74) is 1.78. The highest BCUT2D eigenvalue weighted by atomic mass is 16.2. The largest absolute Gasteiger partial charge is 0.321 e. The van der Waals surface area contributed by atoms with Gasteiger partial charge in [-0.25, -0.2) is 5.10 Å². The number of rotatable bonds is 5. The van der Waals surface area contributed by atoms with Crippen molar-refractivity contribution in [2.45, 2.75) is 20.3 Å². The Bertz CT molecular complexity index is 772. The lowest BCUT2D eigenvalue weighted by atomic mass is 10.0. The van der Waals surface area contributed by atoms with E-state index in [1.165, 1.54) is 17.7 Å². The molecule has 6 heteroatoms. The van der Waals surface area contributed by atoms with E-state index in [0.29, 0.717) is 0 Å². The van der Waals surface area contributed by atoms with Crippen LogP contribution in [0.2, 0.25) is 0 Å². The van der Waals surface area contributed by atoms with Crippen molar-refractivity contribution in [1.82, 2.24) is 15.1 Å². The number of hydrogen-bond donors (Lipinski definition) is 2. The second-order valence-electron chi connectivity index (χ2n) is 6.93. The molecule has 2 atom stereocenters. The molecule has 6 nitrogen and oxygen atoms in total. The van der Waals surface area contributed by atoms with Crippen LogP contribution < -0.4 is 10.9 Å². The number of H-pyrrole nitrogens is 1.